The van der Waals surface area contributed by atoms with Gasteiger partial charge in [0.25, 0.3) is 5.91 Å². The fourth-order valence-electron chi connectivity index (χ4n) is 3.10. The van der Waals surface area contributed by atoms with Crippen LogP contribution in [0.15, 0.2) is 35.1 Å². The number of nitrogens with zero attached hydrogens (tertiary/aromatic N) is 1. The van der Waals surface area contributed by atoms with Gasteiger partial charge < -0.3 is 15.0 Å². The number of rotatable bonds is 5. The van der Waals surface area contributed by atoms with E-state index in [0.717, 1.165) is 17.7 Å². The molecule has 0 unspecified atom stereocenters. The smallest absolute Gasteiger partial charge is 0.345 e. The normalized spacial score (nSPS) is 16.5. The minimum absolute atomic E-state index is 0.142. The van der Waals surface area contributed by atoms with Crippen LogP contribution in [0.4, 0.5) is 0 Å². The van der Waals surface area contributed by atoms with Gasteiger partial charge in [-0.25, -0.2) is 4.79 Å². The molecule has 3 rings (SSSR count). The van der Waals surface area contributed by atoms with Crippen LogP contribution in [0.3, 0.4) is 0 Å². The summed E-state index contributed by atoms with van der Waals surface area (Å²) in [6.07, 6.45) is 1.40. The molecule has 1 aromatic heterocycles. The summed E-state index contributed by atoms with van der Waals surface area (Å²) in [6.45, 7) is 5.09. The number of H-pyrrole nitrogens is 1. The molecule has 1 aliphatic rings. The zero-order valence-corrected chi connectivity index (χ0v) is 14.5. The first-order chi connectivity index (χ1) is 12.0. The lowest BCUT2D eigenvalue weighted by Gasteiger charge is -2.26. The summed E-state index contributed by atoms with van der Waals surface area (Å²) < 4.78 is 5.79. The summed E-state index contributed by atoms with van der Waals surface area (Å²) in [7, 11) is 0. The molecule has 132 valence electrons. The average molecular weight is 341 g/mol. The second-order valence-corrected chi connectivity index (χ2v) is 6.71. The number of ether oxygens (including phenoxy) is 1. The highest BCUT2D eigenvalue weighted by Gasteiger charge is 2.21. The molecule has 2 N–H and O–H groups in total. The standard InChI is InChI=1S/C19H23N3O3/c1-12(2)9-14-10-16(22-19(24)21-14)18(23)20-11-17-15-6-4-3-5-13(15)7-8-25-17/h3-6,10,12,17H,7-9,11H2,1-2H3,(H,20,23)(H,21,22,24)/t17-/m1/s1. The Bertz CT molecular complexity index is 814. The lowest BCUT2D eigenvalue weighted by Crippen LogP contribution is -2.33. The van der Waals surface area contributed by atoms with Crippen molar-refractivity contribution in [3.63, 3.8) is 0 Å². The number of aromatic amines is 1. The van der Waals surface area contributed by atoms with Crippen molar-refractivity contribution in [3.05, 3.63) is 63.3 Å². The van der Waals surface area contributed by atoms with Crippen molar-refractivity contribution in [2.45, 2.75) is 32.8 Å². The Hall–Kier alpha value is -2.47. The summed E-state index contributed by atoms with van der Waals surface area (Å²) in [5.41, 5.74) is 2.72. The van der Waals surface area contributed by atoms with Crippen molar-refractivity contribution < 1.29 is 9.53 Å². The summed E-state index contributed by atoms with van der Waals surface area (Å²) >= 11 is 0. The molecule has 6 nitrogen and oxygen atoms in total. The third kappa shape index (κ3) is 4.33. The van der Waals surface area contributed by atoms with Gasteiger partial charge in [0.1, 0.15) is 11.8 Å². The molecule has 1 aliphatic heterocycles. The monoisotopic (exact) mass is 341 g/mol. The Balaban J connectivity index is 1.69. The van der Waals surface area contributed by atoms with Crippen LogP contribution in [0.5, 0.6) is 0 Å². The maximum Gasteiger partial charge on any atom is 0.345 e. The molecule has 1 atom stereocenters. The SMILES string of the molecule is CC(C)Cc1cc(C(=O)NC[C@H]2OCCc3ccccc32)nc(=O)[nH]1. The van der Waals surface area contributed by atoms with Crippen LogP contribution in [-0.2, 0) is 17.6 Å². The number of carbonyl (C=O) groups is 1. The van der Waals surface area contributed by atoms with Crippen LogP contribution in [0.25, 0.3) is 0 Å². The van der Waals surface area contributed by atoms with Crippen molar-refractivity contribution in [2.24, 2.45) is 5.92 Å². The van der Waals surface area contributed by atoms with E-state index in [1.54, 1.807) is 6.07 Å². The zero-order chi connectivity index (χ0) is 17.8. The molecule has 0 aliphatic carbocycles. The minimum Gasteiger partial charge on any atom is -0.371 e. The fraction of sp³-hybridized carbons (Fsp3) is 0.421. The van der Waals surface area contributed by atoms with Gasteiger partial charge in [0.15, 0.2) is 0 Å². The van der Waals surface area contributed by atoms with Gasteiger partial charge in [-0.1, -0.05) is 38.1 Å². The van der Waals surface area contributed by atoms with E-state index in [4.69, 9.17) is 4.74 Å². The highest BCUT2D eigenvalue weighted by atomic mass is 16.5. The Morgan fingerprint density at radius 3 is 3.00 bits per heavy atom. The van der Waals surface area contributed by atoms with Crippen LogP contribution >= 0.6 is 0 Å². The van der Waals surface area contributed by atoms with Gasteiger partial charge in [-0.3, -0.25) is 4.79 Å². The number of aromatic nitrogens is 2. The summed E-state index contributed by atoms with van der Waals surface area (Å²) in [5.74, 6) is 0.0175. The maximum absolute atomic E-state index is 12.4. The quantitative estimate of drug-likeness (QED) is 0.871. The number of hydrogen-bond donors (Lipinski definition) is 2. The summed E-state index contributed by atoms with van der Waals surface area (Å²) in [5, 5.41) is 2.84. The molecule has 1 aromatic carbocycles. The van der Waals surface area contributed by atoms with E-state index in [2.05, 4.69) is 35.2 Å². The highest BCUT2D eigenvalue weighted by molar-refractivity contribution is 5.92. The van der Waals surface area contributed by atoms with Crippen LogP contribution < -0.4 is 11.0 Å². The van der Waals surface area contributed by atoms with Crippen LogP contribution in [0.1, 0.15) is 47.3 Å². The van der Waals surface area contributed by atoms with Crippen LogP contribution in [-0.4, -0.2) is 29.0 Å². The molecule has 0 radical (unpaired) electrons. The molecule has 0 bridgehead atoms. The van der Waals surface area contributed by atoms with Gasteiger partial charge in [0.05, 0.1) is 6.61 Å². The Morgan fingerprint density at radius 1 is 1.40 bits per heavy atom. The van der Waals surface area contributed by atoms with Gasteiger partial charge >= 0.3 is 5.69 Å². The van der Waals surface area contributed by atoms with E-state index in [9.17, 15) is 9.59 Å². The van der Waals surface area contributed by atoms with Crippen molar-refractivity contribution >= 4 is 5.91 Å². The van der Waals surface area contributed by atoms with Gasteiger partial charge in [0, 0.05) is 12.2 Å². The predicted molar refractivity (Wildman–Crippen MR) is 94.6 cm³/mol. The van der Waals surface area contributed by atoms with Crippen molar-refractivity contribution in [2.75, 3.05) is 13.2 Å². The molecular formula is C19H23N3O3. The largest absolute Gasteiger partial charge is 0.371 e. The van der Waals surface area contributed by atoms with Gasteiger partial charge in [0.2, 0.25) is 0 Å². The molecule has 6 heteroatoms. The molecule has 0 saturated carbocycles. The zero-order valence-electron chi connectivity index (χ0n) is 14.5. The van der Waals surface area contributed by atoms with Gasteiger partial charge in [-0.05, 0) is 36.0 Å². The minimum atomic E-state index is -0.498. The predicted octanol–water partition coefficient (Wildman–Crippen LogP) is 2.01. The van der Waals surface area contributed by atoms with E-state index in [1.165, 1.54) is 5.56 Å². The number of fused-ring (bicyclic) bond motifs is 1. The average Bonchev–Trinajstić information content (AvgIpc) is 2.58. The highest BCUT2D eigenvalue weighted by Crippen LogP contribution is 2.26. The number of benzene rings is 1. The Labute approximate surface area is 146 Å². The first-order valence-electron chi connectivity index (χ1n) is 8.61. The Morgan fingerprint density at radius 2 is 2.20 bits per heavy atom. The number of hydrogen-bond acceptors (Lipinski definition) is 4. The van der Waals surface area contributed by atoms with Crippen molar-refractivity contribution in [1.82, 2.24) is 15.3 Å². The first-order valence-corrected chi connectivity index (χ1v) is 8.61. The fourth-order valence-corrected chi connectivity index (χ4v) is 3.10. The van der Waals surface area contributed by atoms with E-state index < -0.39 is 5.69 Å². The Kier molecular flexibility index (Phi) is 5.28. The van der Waals surface area contributed by atoms with E-state index in [-0.39, 0.29) is 17.7 Å². The third-order valence-electron chi connectivity index (χ3n) is 4.20. The lowest BCUT2D eigenvalue weighted by atomic mass is 9.97. The molecule has 0 saturated heterocycles. The second-order valence-electron chi connectivity index (χ2n) is 6.71. The van der Waals surface area contributed by atoms with E-state index >= 15 is 0 Å². The van der Waals surface area contributed by atoms with E-state index in [0.29, 0.717) is 25.5 Å². The van der Waals surface area contributed by atoms with E-state index in [1.807, 2.05) is 18.2 Å². The van der Waals surface area contributed by atoms with Crippen LogP contribution in [0.2, 0.25) is 0 Å². The van der Waals surface area contributed by atoms with Crippen LogP contribution in [0, 0.1) is 5.92 Å². The number of nitrogens with one attached hydrogen (secondary N) is 2. The summed E-state index contributed by atoms with van der Waals surface area (Å²) in [4.78, 5) is 30.6. The molecule has 1 amide bonds. The molecular weight excluding hydrogens is 318 g/mol. The summed E-state index contributed by atoms with van der Waals surface area (Å²) in [6, 6.07) is 9.74. The molecule has 0 fully saturated rings. The molecule has 0 spiro atoms. The maximum atomic E-state index is 12.4. The molecule has 2 aromatic rings. The van der Waals surface area contributed by atoms with Crippen molar-refractivity contribution in [1.29, 1.82) is 0 Å². The van der Waals surface area contributed by atoms with Gasteiger partial charge in [-0.15, -0.1) is 0 Å². The molecule has 25 heavy (non-hydrogen) atoms. The third-order valence-corrected chi connectivity index (χ3v) is 4.20. The second kappa shape index (κ2) is 7.61. The topological polar surface area (TPSA) is 84.1 Å². The first kappa shape index (κ1) is 17.4. The molecule has 2 heterocycles. The van der Waals surface area contributed by atoms with Gasteiger partial charge in [-0.2, -0.15) is 4.98 Å². The number of amides is 1. The number of carbonyl (C=O) groups excluding carboxylic acids is 1. The van der Waals surface area contributed by atoms with Crippen molar-refractivity contribution in [3.8, 4) is 0 Å². The lowest BCUT2D eigenvalue weighted by molar-refractivity contribution is 0.0411.